The molecule has 0 bridgehead atoms. The number of primary amides is 1. The van der Waals surface area contributed by atoms with E-state index in [1.54, 1.807) is 45.0 Å². The van der Waals surface area contributed by atoms with Crippen LogP contribution in [-0.4, -0.2) is 31.3 Å². The van der Waals surface area contributed by atoms with Crippen molar-refractivity contribution < 1.29 is 19.1 Å². The first kappa shape index (κ1) is 16.8. The summed E-state index contributed by atoms with van der Waals surface area (Å²) < 4.78 is 10.3. The van der Waals surface area contributed by atoms with E-state index >= 15 is 0 Å². The number of hydrogen-bond donors (Lipinski definition) is 2. The van der Waals surface area contributed by atoms with E-state index in [4.69, 9.17) is 15.2 Å². The fraction of sp³-hybridized carbons (Fsp3) is 0.467. The number of rotatable bonds is 5. The SMILES string of the molecule is COc1ccccc1[C@H](CNC(=O)OC(C)(C)C)C(N)=O. The molecule has 1 aromatic rings. The molecule has 116 valence electrons. The molecule has 0 saturated heterocycles. The van der Waals surface area contributed by atoms with Crippen molar-refractivity contribution in [1.82, 2.24) is 5.32 Å². The second-order valence-corrected chi connectivity index (χ2v) is 5.58. The molecule has 0 radical (unpaired) electrons. The molecule has 2 amide bonds. The molecule has 1 rings (SSSR count). The van der Waals surface area contributed by atoms with E-state index in [9.17, 15) is 9.59 Å². The molecule has 0 aromatic heterocycles. The predicted molar refractivity (Wildman–Crippen MR) is 79.2 cm³/mol. The van der Waals surface area contributed by atoms with Crippen LogP contribution < -0.4 is 15.8 Å². The van der Waals surface area contributed by atoms with Crippen LogP contribution in [0.5, 0.6) is 5.75 Å². The molecule has 1 atom stereocenters. The topological polar surface area (TPSA) is 90.7 Å². The summed E-state index contributed by atoms with van der Waals surface area (Å²) in [7, 11) is 1.51. The van der Waals surface area contributed by atoms with Crippen molar-refractivity contribution in [1.29, 1.82) is 0 Å². The Hall–Kier alpha value is -2.24. The van der Waals surface area contributed by atoms with Gasteiger partial charge in [-0.2, -0.15) is 0 Å². The number of carbonyl (C=O) groups excluding carboxylic acids is 2. The van der Waals surface area contributed by atoms with Crippen LogP contribution in [0.25, 0.3) is 0 Å². The Balaban J connectivity index is 2.80. The van der Waals surface area contributed by atoms with Crippen LogP contribution in [0.15, 0.2) is 24.3 Å². The first-order valence-electron chi connectivity index (χ1n) is 6.63. The zero-order valence-electron chi connectivity index (χ0n) is 12.8. The number of methoxy groups -OCH3 is 1. The normalized spacial score (nSPS) is 12.4. The molecule has 0 saturated carbocycles. The third-order valence-electron chi connectivity index (χ3n) is 2.71. The fourth-order valence-electron chi connectivity index (χ4n) is 1.82. The smallest absolute Gasteiger partial charge is 0.407 e. The number of hydrogen-bond acceptors (Lipinski definition) is 4. The molecule has 6 nitrogen and oxygen atoms in total. The van der Waals surface area contributed by atoms with Crippen LogP contribution in [0, 0.1) is 0 Å². The van der Waals surface area contributed by atoms with Gasteiger partial charge in [-0.25, -0.2) is 4.79 Å². The molecule has 0 spiro atoms. The van der Waals surface area contributed by atoms with Crippen LogP contribution >= 0.6 is 0 Å². The molecule has 1 aromatic carbocycles. The molecule has 3 N–H and O–H groups in total. The number of nitrogens with one attached hydrogen (secondary N) is 1. The lowest BCUT2D eigenvalue weighted by Crippen LogP contribution is -2.38. The van der Waals surface area contributed by atoms with Gasteiger partial charge in [0.1, 0.15) is 11.4 Å². The highest BCUT2D eigenvalue weighted by molar-refractivity contribution is 5.83. The lowest BCUT2D eigenvalue weighted by atomic mass is 9.97. The molecule has 0 fully saturated rings. The third kappa shape index (κ3) is 5.33. The Labute approximate surface area is 124 Å². The number of ether oxygens (including phenoxy) is 2. The second kappa shape index (κ2) is 6.97. The molecular weight excluding hydrogens is 272 g/mol. The lowest BCUT2D eigenvalue weighted by Gasteiger charge is -2.21. The highest BCUT2D eigenvalue weighted by Crippen LogP contribution is 2.25. The van der Waals surface area contributed by atoms with Crippen molar-refractivity contribution in [3.8, 4) is 5.75 Å². The van der Waals surface area contributed by atoms with Gasteiger partial charge in [-0.3, -0.25) is 4.79 Å². The summed E-state index contributed by atoms with van der Waals surface area (Å²) in [5, 5.41) is 2.55. The minimum absolute atomic E-state index is 0.0463. The van der Waals surface area contributed by atoms with E-state index in [1.807, 2.05) is 0 Å². The molecule has 0 unspecified atom stereocenters. The fourth-order valence-corrected chi connectivity index (χ4v) is 1.82. The third-order valence-corrected chi connectivity index (χ3v) is 2.71. The number of nitrogens with two attached hydrogens (primary N) is 1. The predicted octanol–water partition coefficient (Wildman–Crippen LogP) is 1.79. The van der Waals surface area contributed by atoms with E-state index in [-0.39, 0.29) is 6.54 Å². The molecule has 0 heterocycles. The van der Waals surface area contributed by atoms with Crippen molar-refractivity contribution in [2.75, 3.05) is 13.7 Å². The zero-order valence-corrected chi connectivity index (χ0v) is 12.8. The van der Waals surface area contributed by atoms with Gasteiger partial charge in [-0.1, -0.05) is 18.2 Å². The van der Waals surface area contributed by atoms with Crippen molar-refractivity contribution in [2.45, 2.75) is 32.3 Å². The van der Waals surface area contributed by atoms with Gasteiger partial charge in [0.2, 0.25) is 5.91 Å². The Morgan fingerprint density at radius 2 is 1.90 bits per heavy atom. The van der Waals surface area contributed by atoms with Crippen LogP contribution in [0.2, 0.25) is 0 Å². The number of alkyl carbamates (subject to hydrolysis) is 1. The van der Waals surface area contributed by atoms with Gasteiger partial charge in [-0.05, 0) is 26.8 Å². The van der Waals surface area contributed by atoms with Gasteiger partial charge < -0.3 is 20.5 Å². The van der Waals surface area contributed by atoms with Crippen LogP contribution in [0.3, 0.4) is 0 Å². The highest BCUT2D eigenvalue weighted by Gasteiger charge is 2.23. The first-order chi connectivity index (χ1) is 9.74. The molecule has 6 heteroatoms. The number of amides is 2. The average Bonchev–Trinajstić information content (AvgIpc) is 2.37. The summed E-state index contributed by atoms with van der Waals surface area (Å²) in [5.41, 5.74) is 5.45. The van der Waals surface area contributed by atoms with Gasteiger partial charge in [0.25, 0.3) is 0 Å². The molecule has 0 aliphatic heterocycles. The Kier molecular flexibility index (Phi) is 5.58. The standard InChI is InChI=1S/C15H22N2O4/c1-15(2,3)21-14(19)17-9-11(13(16)18)10-7-5-6-8-12(10)20-4/h5-8,11H,9H2,1-4H3,(H2,16,18)(H,17,19)/t11-/m0/s1. The van der Waals surface area contributed by atoms with Crippen molar-refractivity contribution in [2.24, 2.45) is 5.73 Å². The zero-order chi connectivity index (χ0) is 16.0. The van der Waals surface area contributed by atoms with Gasteiger partial charge in [0, 0.05) is 12.1 Å². The molecule has 0 aliphatic rings. The summed E-state index contributed by atoms with van der Waals surface area (Å²) in [6.07, 6.45) is -0.594. The quantitative estimate of drug-likeness (QED) is 0.866. The van der Waals surface area contributed by atoms with Gasteiger partial charge in [0.15, 0.2) is 0 Å². The maximum Gasteiger partial charge on any atom is 0.407 e. The van der Waals surface area contributed by atoms with Crippen molar-refractivity contribution in [3.63, 3.8) is 0 Å². The largest absolute Gasteiger partial charge is 0.496 e. The summed E-state index contributed by atoms with van der Waals surface area (Å²) in [4.78, 5) is 23.3. The monoisotopic (exact) mass is 294 g/mol. The highest BCUT2D eigenvalue weighted by atomic mass is 16.6. The molecular formula is C15H22N2O4. The van der Waals surface area contributed by atoms with E-state index in [0.717, 1.165) is 0 Å². The minimum Gasteiger partial charge on any atom is -0.496 e. The molecule has 0 aliphatic carbocycles. The maximum atomic E-state index is 11.7. The minimum atomic E-state index is -0.686. The van der Waals surface area contributed by atoms with Crippen LogP contribution in [-0.2, 0) is 9.53 Å². The number of para-hydroxylation sites is 1. The van der Waals surface area contributed by atoms with E-state index < -0.39 is 23.5 Å². The van der Waals surface area contributed by atoms with Crippen LogP contribution in [0.4, 0.5) is 4.79 Å². The Morgan fingerprint density at radius 1 is 1.29 bits per heavy atom. The van der Waals surface area contributed by atoms with Gasteiger partial charge in [0.05, 0.1) is 13.0 Å². The average molecular weight is 294 g/mol. The van der Waals surface area contributed by atoms with E-state index in [1.165, 1.54) is 7.11 Å². The Morgan fingerprint density at radius 3 is 2.43 bits per heavy atom. The second-order valence-electron chi connectivity index (χ2n) is 5.58. The van der Waals surface area contributed by atoms with Gasteiger partial charge >= 0.3 is 6.09 Å². The summed E-state index contributed by atoms with van der Waals surface area (Å²) >= 11 is 0. The first-order valence-corrected chi connectivity index (χ1v) is 6.63. The lowest BCUT2D eigenvalue weighted by molar-refractivity contribution is -0.119. The van der Waals surface area contributed by atoms with Crippen molar-refractivity contribution >= 4 is 12.0 Å². The van der Waals surface area contributed by atoms with E-state index in [2.05, 4.69) is 5.32 Å². The van der Waals surface area contributed by atoms with Crippen LogP contribution in [0.1, 0.15) is 32.3 Å². The molecule has 21 heavy (non-hydrogen) atoms. The Bertz CT molecular complexity index is 509. The summed E-state index contributed by atoms with van der Waals surface area (Å²) in [6.45, 7) is 5.33. The maximum absolute atomic E-state index is 11.7. The summed E-state index contributed by atoms with van der Waals surface area (Å²) in [5.74, 6) is -0.684. The summed E-state index contributed by atoms with van der Waals surface area (Å²) in [6, 6.07) is 7.05. The van der Waals surface area contributed by atoms with Gasteiger partial charge in [-0.15, -0.1) is 0 Å². The number of carbonyl (C=O) groups is 2. The van der Waals surface area contributed by atoms with Crippen molar-refractivity contribution in [3.05, 3.63) is 29.8 Å². The number of benzene rings is 1. The van der Waals surface area contributed by atoms with E-state index in [0.29, 0.717) is 11.3 Å².